The van der Waals surface area contributed by atoms with E-state index in [1.807, 2.05) is 76.2 Å². The van der Waals surface area contributed by atoms with E-state index in [2.05, 4.69) is 4.98 Å². The zero-order valence-corrected chi connectivity index (χ0v) is 15.1. The van der Waals surface area contributed by atoms with Gasteiger partial charge in [0.05, 0.1) is 5.69 Å². The van der Waals surface area contributed by atoms with Gasteiger partial charge in [-0.15, -0.1) is 0 Å². The third kappa shape index (κ3) is 3.71. The summed E-state index contributed by atoms with van der Waals surface area (Å²) in [5, 5.41) is 0.960. The summed E-state index contributed by atoms with van der Waals surface area (Å²) in [6.45, 7) is 7.73. The number of nitrogens with one attached hydrogen (secondary N) is 1. The number of benzene rings is 2. The molecule has 3 rings (SSSR count). The van der Waals surface area contributed by atoms with Crippen molar-refractivity contribution >= 4 is 22.5 Å². The van der Waals surface area contributed by atoms with Crippen LogP contribution in [-0.2, 0) is 6.42 Å². The Kier molecular flexibility index (Phi) is 4.34. The summed E-state index contributed by atoms with van der Waals surface area (Å²) in [7, 11) is 0. The number of fused-ring (bicyclic) bond motifs is 1. The molecule has 0 aliphatic heterocycles. The SMILES string of the molecule is Cc1ccc(C(=O)Cc2ccc3[nH]c(C(=O)C(C)(C)C)cc3c2)cc1. The van der Waals surface area contributed by atoms with Crippen LogP contribution in [0.1, 0.15) is 52.7 Å². The Bertz CT molecular complexity index is 940. The van der Waals surface area contributed by atoms with Gasteiger partial charge in [0.2, 0.25) is 0 Å². The Morgan fingerprint density at radius 1 is 0.960 bits per heavy atom. The molecule has 0 aliphatic carbocycles. The molecule has 0 amide bonds. The Morgan fingerprint density at radius 3 is 2.28 bits per heavy atom. The normalized spacial score (nSPS) is 11.7. The van der Waals surface area contributed by atoms with Crippen LogP contribution in [0.5, 0.6) is 0 Å². The van der Waals surface area contributed by atoms with Crippen molar-refractivity contribution in [2.45, 2.75) is 34.1 Å². The Hall–Kier alpha value is -2.68. The Balaban J connectivity index is 1.85. The number of aromatic amines is 1. The standard InChI is InChI=1S/C22H23NO2/c1-14-5-8-16(9-6-14)20(24)12-15-7-10-18-17(11-15)13-19(23-18)21(25)22(2,3)4/h5-11,13,23H,12H2,1-4H3. The summed E-state index contributed by atoms with van der Waals surface area (Å²) in [5.74, 6) is 0.182. The van der Waals surface area contributed by atoms with E-state index in [0.717, 1.165) is 27.6 Å². The molecule has 0 atom stereocenters. The van der Waals surface area contributed by atoms with Gasteiger partial charge in [0.25, 0.3) is 0 Å². The average Bonchev–Trinajstić information content (AvgIpc) is 2.96. The maximum absolute atomic E-state index is 12.4. The first-order chi connectivity index (χ1) is 11.7. The number of aryl methyl sites for hydroxylation is 1. The van der Waals surface area contributed by atoms with Crippen molar-refractivity contribution in [2.75, 3.05) is 0 Å². The molecule has 1 aromatic heterocycles. The lowest BCUT2D eigenvalue weighted by atomic mass is 9.89. The minimum Gasteiger partial charge on any atom is -0.352 e. The zero-order valence-electron chi connectivity index (χ0n) is 15.1. The van der Waals surface area contributed by atoms with Crippen LogP contribution in [0.3, 0.4) is 0 Å². The van der Waals surface area contributed by atoms with Crippen LogP contribution in [0.15, 0.2) is 48.5 Å². The minimum atomic E-state index is -0.425. The molecule has 0 spiro atoms. The van der Waals surface area contributed by atoms with Crippen LogP contribution in [-0.4, -0.2) is 16.6 Å². The van der Waals surface area contributed by atoms with Gasteiger partial charge < -0.3 is 4.98 Å². The summed E-state index contributed by atoms with van der Waals surface area (Å²) in [6.07, 6.45) is 0.354. The molecule has 3 nitrogen and oxygen atoms in total. The summed E-state index contributed by atoms with van der Waals surface area (Å²) in [5.41, 5.74) is 3.92. The minimum absolute atomic E-state index is 0.0842. The highest BCUT2D eigenvalue weighted by atomic mass is 16.1. The molecule has 0 saturated heterocycles. The molecule has 128 valence electrons. The zero-order chi connectivity index (χ0) is 18.2. The van der Waals surface area contributed by atoms with Gasteiger partial charge in [-0.3, -0.25) is 9.59 Å². The van der Waals surface area contributed by atoms with Crippen LogP contribution in [0, 0.1) is 12.3 Å². The molecule has 0 bridgehead atoms. The summed E-state index contributed by atoms with van der Waals surface area (Å²) >= 11 is 0. The number of ketones is 2. The molecular formula is C22H23NO2. The van der Waals surface area contributed by atoms with E-state index in [1.54, 1.807) is 0 Å². The first-order valence-electron chi connectivity index (χ1n) is 8.50. The molecule has 0 aliphatic rings. The molecule has 3 aromatic rings. The lowest BCUT2D eigenvalue weighted by molar-refractivity contribution is 0.0853. The molecule has 1 N–H and O–H groups in total. The van der Waals surface area contributed by atoms with Gasteiger partial charge in [0.15, 0.2) is 11.6 Å². The molecule has 2 aromatic carbocycles. The summed E-state index contributed by atoms with van der Waals surface area (Å²) < 4.78 is 0. The molecule has 25 heavy (non-hydrogen) atoms. The van der Waals surface area contributed by atoms with E-state index >= 15 is 0 Å². The van der Waals surface area contributed by atoms with Gasteiger partial charge in [0.1, 0.15) is 0 Å². The fraction of sp³-hybridized carbons (Fsp3) is 0.273. The van der Waals surface area contributed by atoms with Crippen LogP contribution in [0.25, 0.3) is 10.9 Å². The molecule has 0 saturated carbocycles. The fourth-order valence-corrected chi connectivity index (χ4v) is 2.85. The van der Waals surface area contributed by atoms with Crippen molar-refractivity contribution in [1.82, 2.24) is 4.98 Å². The summed E-state index contributed by atoms with van der Waals surface area (Å²) in [4.78, 5) is 28.1. The highest BCUT2D eigenvalue weighted by Gasteiger charge is 2.24. The molecule has 3 heteroatoms. The molecule has 0 unspecified atom stereocenters. The number of carbonyl (C=O) groups is 2. The monoisotopic (exact) mass is 333 g/mol. The first kappa shape index (κ1) is 17.2. The maximum Gasteiger partial charge on any atom is 0.184 e. The topological polar surface area (TPSA) is 49.9 Å². The van der Waals surface area contributed by atoms with E-state index in [9.17, 15) is 9.59 Å². The van der Waals surface area contributed by atoms with Gasteiger partial charge >= 0.3 is 0 Å². The molecule has 1 heterocycles. The van der Waals surface area contributed by atoms with E-state index < -0.39 is 5.41 Å². The number of rotatable bonds is 4. The average molecular weight is 333 g/mol. The smallest absolute Gasteiger partial charge is 0.184 e. The maximum atomic E-state index is 12.4. The number of hydrogen-bond donors (Lipinski definition) is 1. The van der Waals surface area contributed by atoms with E-state index in [0.29, 0.717) is 12.1 Å². The lowest BCUT2D eigenvalue weighted by Crippen LogP contribution is -2.20. The molecular weight excluding hydrogens is 310 g/mol. The van der Waals surface area contributed by atoms with Crippen molar-refractivity contribution in [3.63, 3.8) is 0 Å². The van der Waals surface area contributed by atoms with Gasteiger partial charge in [-0.05, 0) is 30.7 Å². The van der Waals surface area contributed by atoms with Crippen LogP contribution < -0.4 is 0 Å². The number of aromatic nitrogens is 1. The van der Waals surface area contributed by atoms with E-state index in [4.69, 9.17) is 0 Å². The largest absolute Gasteiger partial charge is 0.352 e. The number of carbonyl (C=O) groups excluding carboxylic acids is 2. The quantitative estimate of drug-likeness (QED) is 0.673. The number of hydrogen-bond acceptors (Lipinski definition) is 2. The van der Waals surface area contributed by atoms with Crippen LogP contribution >= 0.6 is 0 Å². The highest BCUT2D eigenvalue weighted by Crippen LogP contribution is 2.24. The second kappa shape index (κ2) is 6.32. The number of H-pyrrole nitrogens is 1. The third-order valence-electron chi connectivity index (χ3n) is 4.35. The van der Waals surface area contributed by atoms with Crippen molar-refractivity contribution in [1.29, 1.82) is 0 Å². The second-order valence-electron chi connectivity index (χ2n) is 7.65. The highest BCUT2D eigenvalue weighted by molar-refractivity contribution is 6.02. The van der Waals surface area contributed by atoms with Gasteiger partial charge in [0, 0.05) is 28.3 Å². The van der Waals surface area contributed by atoms with Crippen molar-refractivity contribution in [2.24, 2.45) is 5.41 Å². The second-order valence-corrected chi connectivity index (χ2v) is 7.65. The van der Waals surface area contributed by atoms with Crippen molar-refractivity contribution in [3.05, 3.63) is 70.9 Å². The fourth-order valence-electron chi connectivity index (χ4n) is 2.85. The van der Waals surface area contributed by atoms with Crippen LogP contribution in [0.4, 0.5) is 0 Å². The van der Waals surface area contributed by atoms with Gasteiger partial charge in [-0.1, -0.05) is 56.7 Å². The Morgan fingerprint density at radius 2 is 1.64 bits per heavy atom. The van der Waals surface area contributed by atoms with Gasteiger partial charge in [-0.25, -0.2) is 0 Å². The Labute approximate surface area is 148 Å². The summed E-state index contributed by atoms with van der Waals surface area (Å²) in [6, 6.07) is 15.4. The molecule has 0 fully saturated rings. The third-order valence-corrected chi connectivity index (χ3v) is 4.35. The lowest BCUT2D eigenvalue weighted by Gasteiger charge is -2.14. The van der Waals surface area contributed by atoms with Gasteiger partial charge in [-0.2, -0.15) is 0 Å². The first-order valence-corrected chi connectivity index (χ1v) is 8.50. The van der Waals surface area contributed by atoms with Crippen LogP contribution in [0.2, 0.25) is 0 Å². The molecule has 0 radical (unpaired) electrons. The van der Waals surface area contributed by atoms with Crippen molar-refractivity contribution in [3.8, 4) is 0 Å². The van der Waals surface area contributed by atoms with E-state index in [1.165, 1.54) is 0 Å². The predicted molar refractivity (Wildman–Crippen MR) is 101 cm³/mol. The van der Waals surface area contributed by atoms with E-state index in [-0.39, 0.29) is 11.6 Å². The van der Waals surface area contributed by atoms with Crippen molar-refractivity contribution < 1.29 is 9.59 Å². The number of Topliss-reactive ketones (excluding diaryl/α,β-unsaturated/α-hetero) is 2. The predicted octanol–water partition coefficient (Wildman–Crippen LogP) is 5.13.